The average Bonchev–Trinajstić information content (AvgIpc) is 2.43. The number of rotatable bonds is 1. The van der Waals surface area contributed by atoms with Gasteiger partial charge < -0.3 is 0 Å². The minimum Gasteiger partial charge on any atom is -0.272 e. The molecule has 1 aromatic carbocycles. The van der Waals surface area contributed by atoms with Crippen LogP contribution in [0.5, 0.6) is 0 Å². The Hall–Kier alpha value is -1.55. The number of hydrogen-bond acceptors (Lipinski definition) is 2. The number of amides is 2. The van der Waals surface area contributed by atoms with Gasteiger partial charge in [-0.3, -0.25) is 15.0 Å². The van der Waals surface area contributed by atoms with Crippen LogP contribution in [0, 0.1) is 5.41 Å². The number of nitrogens with zero attached hydrogens (tertiary/aromatic N) is 1. The Morgan fingerprint density at radius 3 is 2.38 bits per heavy atom. The molecule has 0 aliphatic carbocycles. The van der Waals surface area contributed by atoms with E-state index in [4.69, 9.17) is 11.6 Å². The summed E-state index contributed by atoms with van der Waals surface area (Å²) in [4.78, 5) is 23.6. The highest BCUT2D eigenvalue weighted by Gasteiger charge is 2.47. The molecule has 1 fully saturated rings. The Kier molecular flexibility index (Phi) is 2.39. The number of halogens is 1. The molecule has 0 atom stereocenters. The zero-order chi connectivity index (χ0) is 11.9. The third kappa shape index (κ3) is 1.46. The quantitative estimate of drug-likeness (QED) is 0.758. The molecule has 16 heavy (non-hydrogen) atoms. The topological polar surface area (TPSA) is 49.4 Å². The molecule has 1 saturated heterocycles. The molecule has 2 rings (SSSR count). The van der Waals surface area contributed by atoms with E-state index in [0.717, 1.165) is 0 Å². The highest BCUT2D eigenvalue weighted by Crippen LogP contribution is 2.32. The molecule has 1 aliphatic rings. The molecule has 0 bridgehead atoms. The molecule has 4 nitrogen and oxygen atoms in total. The zero-order valence-corrected chi connectivity index (χ0v) is 9.71. The Labute approximate surface area is 98.2 Å². The first-order valence-corrected chi connectivity index (χ1v) is 5.22. The van der Waals surface area contributed by atoms with E-state index in [1.807, 2.05) is 0 Å². The van der Waals surface area contributed by atoms with E-state index in [2.05, 4.69) is 5.43 Å². The summed E-state index contributed by atoms with van der Waals surface area (Å²) in [7, 11) is 0. The highest BCUT2D eigenvalue weighted by atomic mass is 35.5. The SMILES string of the molecule is CC1(C)C(=O)NN(c2ccccc2Cl)C1=O. The molecule has 0 unspecified atom stereocenters. The number of hydrazine groups is 1. The summed E-state index contributed by atoms with van der Waals surface area (Å²) in [6.45, 7) is 3.17. The Balaban J connectivity index is 2.43. The van der Waals surface area contributed by atoms with Crippen LogP contribution in [0.2, 0.25) is 5.02 Å². The van der Waals surface area contributed by atoms with Gasteiger partial charge in [-0.15, -0.1) is 0 Å². The Bertz CT molecular complexity index is 471. The van der Waals surface area contributed by atoms with E-state index in [0.29, 0.717) is 10.7 Å². The maximum absolute atomic E-state index is 12.0. The third-order valence-electron chi connectivity index (χ3n) is 2.61. The molecule has 84 valence electrons. The van der Waals surface area contributed by atoms with Gasteiger partial charge in [0.15, 0.2) is 0 Å². The summed E-state index contributed by atoms with van der Waals surface area (Å²) in [6.07, 6.45) is 0. The molecular formula is C11H11ClN2O2. The van der Waals surface area contributed by atoms with Crippen LogP contribution in [0.4, 0.5) is 5.69 Å². The van der Waals surface area contributed by atoms with Gasteiger partial charge in [0.05, 0.1) is 10.7 Å². The van der Waals surface area contributed by atoms with Crippen molar-refractivity contribution >= 4 is 29.1 Å². The van der Waals surface area contributed by atoms with Crippen LogP contribution < -0.4 is 10.4 Å². The Morgan fingerprint density at radius 1 is 1.25 bits per heavy atom. The molecule has 1 aliphatic heterocycles. The van der Waals surface area contributed by atoms with Crippen LogP contribution in [0.15, 0.2) is 24.3 Å². The van der Waals surface area contributed by atoms with Gasteiger partial charge in [-0.1, -0.05) is 23.7 Å². The maximum atomic E-state index is 12.0. The van der Waals surface area contributed by atoms with Gasteiger partial charge in [-0.05, 0) is 26.0 Å². The monoisotopic (exact) mass is 238 g/mol. The first-order chi connectivity index (χ1) is 7.44. The lowest BCUT2D eigenvalue weighted by Crippen LogP contribution is -2.36. The number of para-hydroxylation sites is 1. The number of nitrogens with one attached hydrogen (secondary N) is 1. The van der Waals surface area contributed by atoms with Crippen LogP contribution in [0.25, 0.3) is 0 Å². The van der Waals surface area contributed by atoms with Gasteiger partial charge in [-0.25, -0.2) is 5.01 Å². The van der Waals surface area contributed by atoms with Crippen molar-refractivity contribution in [2.24, 2.45) is 5.41 Å². The van der Waals surface area contributed by atoms with E-state index < -0.39 is 5.41 Å². The van der Waals surface area contributed by atoms with Gasteiger partial charge in [0.1, 0.15) is 5.41 Å². The lowest BCUT2D eigenvalue weighted by molar-refractivity contribution is -0.133. The third-order valence-corrected chi connectivity index (χ3v) is 2.93. The second-order valence-electron chi connectivity index (χ2n) is 4.16. The van der Waals surface area contributed by atoms with Crippen molar-refractivity contribution in [1.82, 2.24) is 5.43 Å². The van der Waals surface area contributed by atoms with Crippen LogP contribution in [-0.2, 0) is 9.59 Å². The van der Waals surface area contributed by atoms with Gasteiger partial charge >= 0.3 is 0 Å². The summed E-state index contributed by atoms with van der Waals surface area (Å²) in [5, 5.41) is 1.62. The fourth-order valence-corrected chi connectivity index (χ4v) is 1.69. The minimum absolute atomic E-state index is 0.300. The standard InChI is InChI=1S/C11H11ClN2O2/c1-11(2)9(15)13-14(10(11)16)8-6-4-3-5-7(8)12/h3-6H,1-2H3,(H,13,15). The molecule has 1 N–H and O–H groups in total. The van der Waals surface area contributed by atoms with Gasteiger partial charge in [0, 0.05) is 0 Å². The molecule has 5 heteroatoms. The lowest BCUT2D eigenvalue weighted by Gasteiger charge is -2.17. The molecule has 2 amide bonds. The average molecular weight is 239 g/mol. The van der Waals surface area contributed by atoms with E-state index in [9.17, 15) is 9.59 Å². The van der Waals surface area contributed by atoms with Crippen molar-refractivity contribution in [3.05, 3.63) is 29.3 Å². The Morgan fingerprint density at radius 2 is 1.88 bits per heavy atom. The minimum atomic E-state index is -1.04. The van der Waals surface area contributed by atoms with Gasteiger partial charge in [0.2, 0.25) is 0 Å². The van der Waals surface area contributed by atoms with E-state index >= 15 is 0 Å². The van der Waals surface area contributed by atoms with Gasteiger partial charge in [-0.2, -0.15) is 0 Å². The number of anilines is 1. The molecule has 0 aromatic heterocycles. The van der Waals surface area contributed by atoms with Crippen molar-refractivity contribution in [2.45, 2.75) is 13.8 Å². The summed E-state index contributed by atoms with van der Waals surface area (Å²) in [5.74, 6) is -0.622. The van der Waals surface area contributed by atoms with Crippen LogP contribution in [0.3, 0.4) is 0 Å². The second-order valence-corrected chi connectivity index (χ2v) is 4.57. The van der Waals surface area contributed by atoms with Crippen molar-refractivity contribution in [3.8, 4) is 0 Å². The fraction of sp³-hybridized carbons (Fsp3) is 0.273. The fourth-order valence-electron chi connectivity index (χ4n) is 1.47. The van der Waals surface area contributed by atoms with Gasteiger partial charge in [0.25, 0.3) is 11.8 Å². The largest absolute Gasteiger partial charge is 0.272 e. The molecule has 0 radical (unpaired) electrons. The van der Waals surface area contributed by atoms with Crippen molar-refractivity contribution in [1.29, 1.82) is 0 Å². The summed E-state index contributed by atoms with van der Waals surface area (Å²) < 4.78 is 0. The van der Waals surface area contributed by atoms with E-state index in [1.165, 1.54) is 5.01 Å². The zero-order valence-electron chi connectivity index (χ0n) is 8.95. The number of hydrogen-bond donors (Lipinski definition) is 1. The van der Waals surface area contributed by atoms with Crippen molar-refractivity contribution in [3.63, 3.8) is 0 Å². The molecule has 1 aromatic rings. The summed E-state index contributed by atoms with van der Waals surface area (Å²) in [6, 6.07) is 6.87. The first-order valence-electron chi connectivity index (χ1n) is 4.85. The summed E-state index contributed by atoms with van der Waals surface area (Å²) in [5.41, 5.74) is 1.96. The highest BCUT2D eigenvalue weighted by molar-refractivity contribution is 6.34. The second kappa shape index (κ2) is 3.49. The number of carbonyl (C=O) groups is 2. The number of benzene rings is 1. The van der Waals surface area contributed by atoms with E-state index in [1.54, 1.807) is 38.1 Å². The lowest BCUT2D eigenvalue weighted by atomic mass is 9.93. The molecular weight excluding hydrogens is 228 g/mol. The van der Waals surface area contributed by atoms with Crippen LogP contribution in [-0.4, -0.2) is 11.8 Å². The van der Waals surface area contributed by atoms with Crippen LogP contribution in [0.1, 0.15) is 13.8 Å². The predicted octanol–water partition coefficient (Wildman–Crippen LogP) is 1.74. The molecule has 1 heterocycles. The normalized spacial score (nSPS) is 18.8. The number of carbonyl (C=O) groups excluding carboxylic acids is 2. The van der Waals surface area contributed by atoms with E-state index in [-0.39, 0.29) is 11.8 Å². The first kappa shape index (κ1) is 11.0. The molecule has 0 saturated carbocycles. The molecule has 0 spiro atoms. The van der Waals surface area contributed by atoms with Crippen LogP contribution >= 0.6 is 11.6 Å². The smallest absolute Gasteiger partial charge is 0.260 e. The predicted molar refractivity (Wildman–Crippen MR) is 60.9 cm³/mol. The maximum Gasteiger partial charge on any atom is 0.260 e. The van der Waals surface area contributed by atoms with Crippen molar-refractivity contribution < 1.29 is 9.59 Å². The van der Waals surface area contributed by atoms with Crippen molar-refractivity contribution in [2.75, 3.05) is 5.01 Å². The summed E-state index contributed by atoms with van der Waals surface area (Å²) >= 11 is 5.97.